The van der Waals surface area contributed by atoms with Crippen LogP contribution >= 0.6 is 11.3 Å². The van der Waals surface area contributed by atoms with Gasteiger partial charge >= 0.3 is 6.18 Å². The third-order valence-electron chi connectivity index (χ3n) is 4.46. The lowest BCUT2D eigenvalue weighted by atomic mass is 9.88. The van der Waals surface area contributed by atoms with Gasteiger partial charge in [-0.1, -0.05) is 30.3 Å². The number of phenolic OH excluding ortho intramolecular Hbond substituents is 1. The molecule has 0 aliphatic rings. The van der Waals surface area contributed by atoms with Crippen molar-refractivity contribution in [2.45, 2.75) is 11.8 Å². The molecule has 0 radical (unpaired) electrons. The normalized spacial score (nSPS) is 14.5. The van der Waals surface area contributed by atoms with E-state index in [0.717, 1.165) is 17.4 Å². The predicted octanol–water partition coefficient (Wildman–Crippen LogP) is 4.54. The SMILES string of the molecule is Nc1ccc([C@](O)(c2nc3ccccc3s2)C(F)(F)F)c2c(O)cccc12. The summed E-state index contributed by atoms with van der Waals surface area (Å²) in [5.74, 6) is -0.404. The molecule has 0 saturated carbocycles. The van der Waals surface area contributed by atoms with Crippen LogP contribution in [0.25, 0.3) is 21.0 Å². The third-order valence-corrected chi connectivity index (χ3v) is 5.60. The number of nitrogen functional groups attached to an aromatic ring is 1. The van der Waals surface area contributed by atoms with Crippen LogP contribution in [0, 0.1) is 0 Å². The first-order chi connectivity index (χ1) is 12.7. The summed E-state index contributed by atoms with van der Waals surface area (Å²) in [6.07, 6.45) is -5.08. The Morgan fingerprint density at radius 3 is 2.41 bits per heavy atom. The number of rotatable bonds is 2. The molecule has 0 aliphatic heterocycles. The summed E-state index contributed by atoms with van der Waals surface area (Å²) in [6, 6.07) is 13.1. The first-order valence-electron chi connectivity index (χ1n) is 7.89. The Morgan fingerprint density at radius 1 is 0.963 bits per heavy atom. The zero-order valence-corrected chi connectivity index (χ0v) is 14.5. The van der Waals surface area contributed by atoms with Crippen molar-refractivity contribution in [1.29, 1.82) is 0 Å². The van der Waals surface area contributed by atoms with Gasteiger partial charge in [0.05, 0.1) is 10.2 Å². The van der Waals surface area contributed by atoms with Crippen molar-refractivity contribution < 1.29 is 23.4 Å². The monoisotopic (exact) mass is 390 g/mol. The van der Waals surface area contributed by atoms with Gasteiger partial charge in [-0.05, 0) is 24.3 Å². The van der Waals surface area contributed by atoms with Crippen LogP contribution in [-0.4, -0.2) is 21.4 Å². The van der Waals surface area contributed by atoms with E-state index in [1.165, 1.54) is 24.3 Å². The third kappa shape index (κ3) is 2.52. The molecule has 27 heavy (non-hydrogen) atoms. The molecule has 4 aromatic rings. The summed E-state index contributed by atoms with van der Waals surface area (Å²) in [4.78, 5) is 4.02. The van der Waals surface area contributed by atoms with Gasteiger partial charge in [-0.2, -0.15) is 13.2 Å². The summed E-state index contributed by atoms with van der Waals surface area (Å²) >= 11 is 0.751. The number of benzene rings is 3. The number of anilines is 1. The van der Waals surface area contributed by atoms with E-state index in [4.69, 9.17) is 5.73 Å². The molecular weight excluding hydrogens is 377 g/mol. The summed E-state index contributed by atoms with van der Waals surface area (Å²) < 4.78 is 43.0. The number of aromatic nitrogens is 1. The number of halogens is 3. The fraction of sp³-hybridized carbons (Fsp3) is 0.105. The van der Waals surface area contributed by atoms with Gasteiger partial charge in [0.1, 0.15) is 10.8 Å². The molecule has 0 fully saturated rings. The summed E-state index contributed by atoms with van der Waals surface area (Å²) in [7, 11) is 0. The highest BCUT2D eigenvalue weighted by atomic mass is 32.1. The van der Waals surface area contributed by atoms with Crippen LogP contribution < -0.4 is 5.73 Å². The number of alkyl halides is 3. The van der Waals surface area contributed by atoms with E-state index in [9.17, 15) is 23.4 Å². The number of hydrogen-bond acceptors (Lipinski definition) is 5. The standard InChI is InChI=1S/C19H13F3N2O2S/c20-19(21,22)18(26,17-24-13-5-1-2-7-15(13)27-17)11-8-9-12(23)10-4-3-6-14(25)16(10)11/h1-9,25-26H,23H2/t18-/m0/s1. The van der Waals surface area contributed by atoms with Gasteiger partial charge in [0.15, 0.2) is 0 Å². The Hall–Kier alpha value is -2.84. The maximum absolute atomic E-state index is 14.2. The number of para-hydroxylation sites is 1. The van der Waals surface area contributed by atoms with E-state index in [2.05, 4.69) is 4.98 Å². The number of phenols is 1. The molecule has 0 bridgehead atoms. The van der Waals surface area contributed by atoms with Gasteiger partial charge in [0.25, 0.3) is 0 Å². The number of aliphatic hydroxyl groups is 1. The second-order valence-corrected chi connectivity index (χ2v) is 7.13. The number of nitrogens with two attached hydrogens (primary N) is 1. The Labute approximate surface area is 155 Å². The van der Waals surface area contributed by atoms with Crippen LogP contribution in [0.3, 0.4) is 0 Å². The molecule has 1 aromatic heterocycles. The molecule has 4 nitrogen and oxygen atoms in total. The lowest BCUT2D eigenvalue weighted by Crippen LogP contribution is -2.43. The Morgan fingerprint density at radius 2 is 1.70 bits per heavy atom. The van der Waals surface area contributed by atoms with E-state index < -0.39 is 28.1 Å². The van der Waals surface area contributed by atoms with Gasteiger partial charge in [-0.15, -0.1) is 11.3 Å². The maximum Gasteiger partial charge on any atom is 0.428 e. The van der Waals surface area contributed by atoms with Crippen molar-refractivity contribution in [3.05, 3.63) is 65.2 Å². The molecule has 8 heteroatoms. The molecule has 1 atom stereocenters. The van der Waals surface area contributed by atoms with E-state index in [1.54, 1.807) is 24.3 Å². The van der Waals surface area contributed by atoms with Crippen LogP contribution in [0.4, 0.5) is 18.9 Å². The number of aromatic hydroxyl groups is 1. The number of thiazole rings is 1. The molecule has 0 unspecified atom stereocenters. The van der Waals surface area contributed by atoms with Crippen LogP contribution in [-0.2, 0) is 5.60 Å². The van der Waals surface area contributed by atoms with Crippen molar-refractivity contribution in [3.63, 3.8) is 0 Å². The minimum absolute atomic E-state index is 0.156. The average molecular weight is 390 g/mol. The van der Waals surface area contributed by atoms with Crippen LogP contribution in [0.2, 0.25) is 0 Å². The number of nitrogens with zero attached hydrogens (tertiary/aromatic N) is 1. The van der Waals surface area contributed by atoms with Crippen molar-refractivity contribution in [2.24, 2.45) is 0 Å². The first-order valence-corrected chi connectivity index (χ1v) is 8.71. The van der Waals surface area contributed by atoms with Crippen molar-refractivity contribution in [3.8, 4) is 5.75 Å². The molecule has 4 N–H and O–H groups in total. The van der Waals surface area contributed by atoms with Crippen molar-refractivity contribution >= 4 is 38.0 Å². The van der Waals surface area contributed by atoms with Gasteiger partial charge in [-0.3, -0.25) is 0 Å². The molecule has 1 heterocycles. The molecule has 0 saturated heterocycles. The largest absolute Gasteiger partial charge is 0.507 e. The zero-order chi connectivity index (χ0) is 19.4. The Bertz CT molecular complexity index is 1140. The average Bonchev–Trinajstić information content (AvgIpc) is 3.05. The van der Waals surface area contributed by atoms with Gasteiger partial charge in [0.2, 0.25) is 5.60 Å². The van der Waals surface area contributed by atoms with Gasteiger partial charge in [0, 0.05) is 22.0 Å². The summed E-state index contributed by atoms with van der Waals surface area (Å²) in [5.41, 5.74) is 2.48. The molecule has 0 amide bonds. The topological polar surface area (TPSA) is 79.4 Å². The highest BCUT2D eigenvalue weighted by molar-refractivity contribution is 7.18. The Balaban J connectivity index is 2.11. The first kappa shape index (κ1) is 17.6. The summed E-state index contributed by atoms with van der Waals surface area (Å²) in [6.45, 7) is 0. The molecule has 0 aliphatic carbocycles. The van der Waals surface area contributed by atoms with Crippen LogP contribution in [0.15, 0.2) is 54.6 Å². The minimum atomic E-state index is -5.08. The van der Waals surface area contributed by atoms with E-state index in [1.807, 2.05) is 0 Å². The van der Waals surface area contributed by atoms with Crippen LogP contribution in [0.1, 0.15) is 10.6 Å². The fourth-order valence-electron chi connectivity index (χ4n) is 3.13. The highest BCUT2D eigenvalue weighted by Crippen LogP contribution is 2.50. The highest BCUT2D eigenvalue weighted by Gasteiger charge is 2.59. The lowest BCUT2D eigenvalue weighted by Gasteiger charge is -2.30. The lowest BCUT2D eigenvalue weighted by molar-refractivity contribution is -0.247. The second kappa shape index (κ2) is 5.83. The van der Waals surface area contributed by atoms with Crippen molar-refractivity contribution in [2.75, 3.05) is 5.73 Å². The van der Waals surface area contributed by atoms with Gasteiger partial charge < -0.3 is 15.9 Å². The molecule has 3 aromatic carbocycles. The minimum Gasteiger partial charge on any atom is -0.507 e. The zero-order valence-electron chi connectivity index (χ0n) is 13.7. The quantitative estimate of drug-likeness (QED) is 0.439. The predicted molar refractivity (Wildman–Crippen MR) is 98.7 cm³/mol. The van der Waals surface area contributed by atoms with E-state index in [0.29, 0.717) is 10.2 Å². The molecule has 4 rings (SSSR count). The van der Waals surface area contributed by atoms with E-state index >= 15 is 0 Å². The number of fused-ring (bicyclic) bond motifs is 2. The maximum atomic E-state index is 14.2. The molecule has 138 valence electrons. The molecular formula is C19H13F3N2O2S. The number of hydrogen-bond donors (Lipinski definition) is 3. The van der Waals surface area contributed by atoms with E-state index in [-0.39, 0.29) is 16.5 Å². The van der Waals surface area contributed by atoms with Crippen molar-refractivity contribution in [1.82, 2.24) is 4.98 Å². The van der Waals surface area contributed by atoms with Gasteiger partial charge in [-0.25, -0.2) is 4.98 Å². The summed E-state index contributed by atoms with van der Waals surface area (Å²) in [5, 5.41) is 20.8. The van der Waals surface area contributed by atoms with Crippen LogP contribution in [0.5, 0.6) is 5.75 Å². The fourth-order valence-corrected chi connectivity index (χ4v) is 4.22. The molecule has 0 spiro atoms. The Kier molecular flexibility index (Phi) is 3.79. The second-order valence-electron chi connectivity index (χ2n) is 6.10. The smallest absolute Gasteiger partial charge is 0.428 e.